The summed E-state index contributed by atoms with van der Waals surface area (Å²) < 4.78 is 6.05. The second-order valence-electron chi connectivity index (χ2n) is 3.81. The van der Waals surface area contributed by atoms with Crippen LogP contribution in [0.3, 0.4) is 0 Å². The molecule has 6 heteroatoms. The van der Waals surface area contributed by atoms with E-state index in [-0.39, 0.29) is 5.75 Å². The Hall–Kier alpha value is -0.750. The molecule has 4 nitrogen and oxygen atoms in total. The van der Waals surface area contributed by atoms with Crippen LogP contribution in [0.5, 0.6) is 5.75 Å². The summed E-state index contributed by atoms with van der Waals surface area (Å²) in [6.07, 6.45) is 1.33. The Morgan fingerprint density at radius 2 is 2.17 bits per heavy atom. The van der Waals surface area contributed by atoms with Gasteiger partial charge in [0.05, 0.1) is 15.6 Å². The first-order valence-corrected chi connectivity index (χ1v) is 7.17. The highest BCUT2D eigenvalue weighted by atomic mass is 79.9. The van der Waals surface area contributed by atoms with Gasteiger partial charge >= 0.3 is 6.09 Å². The van der Waals surface area contributed by atoms with Crippen molar-refractivity contribution in [1.29, 1.82) is 0 Å². The number of phenolic OH excluding ortho intramolecular Hbond substituents is 1. The van der Waals surface area contributed by atoms with Gasteiger partial charge in [-0.3, -0.25) is 5.32 Å². The van der Waals surface area contributed by atoms with Crippen molar-refractivity contribution in [2.75, 3.05) is 11.9 Å². The van der Waals surface area contributed by atoms with E-state index in [9.17, 15) is 9.90 Å². The topological polar surface area (TPSA) is 58.6 Å². The number of unbranched alkanes of at least 4 members (excludes halogenated alkanes) is 1. The van der Waals surface area contributed by atoms with Crippen LogP contribution < -0.4 is 5.32 Å². The number of halogens is 2. The Morgan fingerprint density at radius 1 is 1.50 bits per heavy atom. The predicted molar refractivity (Wildman–Crippen MR) is 78.1 cm³/mol. The van der Waals surface area contributed by atoms with Gasteiger partial charge in [-0.2, -0.15) is 0 Å². The standard InChI is InChI=1S/C12H15Br2NO3/c1-3-4-5-18-12(17)15-9-6-8(13)11(16)10(14)7(9)2/h6,16H,3-5H2,1-2H3,(H,15,17). The van der Waals surface area contributed by atoms with Crippen LogP contribution in [0.1, 0.15) is 25.3 Å². The monoisotopic (exact) mass is 379 g/mol. The molecule has 1 aromatic rings. The smallest absolute Gasteiger partial charge is 0.411 e. The molecule has 0 aromatic heterocycles. The number of hydrogen-bond acceptors (Lipinski definition) is 3. The molecule has 0 aliphatic carbocycles. The van der Waals surface area contributed by atoms with E-state index in [1.807, 2.05) is 6.92 Å². The van der Waals surface area contributed by atoms with Gasteiger partial charge in [-0.1, -0.05) is 13.3 Å². The van der Waals surface area contributed by atoms with E-state index in [4.69, 9.17) is 4.74 Å². The fourth-order valence-electron chi connectivity index (χ4n) is 1.29. The molecule has 0 saturated heterocycles. The average Bonchev–Trinajstić information content (AvgIpc) is 2.33. The maximum Gasteiger partial charge on any atom is 0.411 e. The highest BCUT2D eigenvalue weighted by Crippen LogP contribution is 2.38. The van der Waals surface area contributed by atoms with Gasteiger partial charge in [0, 0.05) is 5.69 Å². The van der Waals surface area contributed by atoms with Crippen molar-refractivity contribution in [3.8, 4) is 5.75 Å². The van der Waals surface area contributed by atoms with Gasteiger partial charge < -0.3 is 9.84 Å². The lowest BCUT2D eigenvalue weighted by molar-refractivity contribution is 0.160. The van der Waals surface area contributed by atoms with Gasteiger partial charge in [-0.25, -0.2) is 4.79 Å². The van der Waals surface area contributed by atoms with Crippen LogP contribution in [0.15, 0.2) is 15.0 Å². The number of ether oxygens (including phenoxy) is 1. The zero-order valence-corrected chi connectivity index (χ0v) is 13.4. The lowest BCUT2D eigenvalue weighted by atomic mass is 10.2. The number of nitrogens with one attached hydrogen (secondary N) is 1. The number of carbonyl (C=O) groups is 1. The molecule has 100 valence electrons. The van der Waals surface area contributed by atoms with Crippen LogP contribution in [0.25, 0.3) is 0 Å². The maximum atomic E-state index is 11.5. The first-order valence-electron chi connectivity index (χ1n) is 5.58. The summed E-state index contributed by atoms with van der Waals surface area (Å²) in [5.41, 5.74) is 1.33. The molecule has 0 atom stereocenters. The van der Waals surface area contributed by atoms with Crippen LogP contribution >= 0.6 is 31.9 Å². The number of hydrogen-bond donors (Lipinski definition) is 2. The highest BCUT2D eigenvalue weighted by Gasteiger charge is 2.13. The van der Waals surface area contributed by atoms with Crippen molar-refractivity contribution in [2.45, 2.75) is 26.7 Å². The van der Waals surface area contributed by atoms with Gasteiger partial charge in [0.2, 0.25) is 0 Å². The molecule has 0 bridgehead atoms. The second kappa shape index (κ2) is 6.99. The van der Waals surface area contributed by atoms with E-state index in [2.05, 4.69) is 37.2 Å². The third-order valence-corrected chi connectivity index (χ3v) is 3.98. The van der Waals surface area contributed by atoms with Crippen molar-refractivity contribution in [1.82, 2.24) is 0 Å². The summed E-state index contributed by atoms with van der Waals surface area (Å²) in [4.78, 5) is 11.5. The van der Waals surface area contributed by atoms with Crippen molar-refractivity contribution >= 4 is 43.6 Å². The Kier molecular flexibility index (Phi) is 5.95. The first kappa shape index (κ1) is 15.3. The molecule has 0 saturated carbocycles. The molecule has 18 heavy (non-hydrogen) atoms. The molecule has 0 spiro atoms. The van der Waals surface area contributed by atoms with E-state index in [1.54, 1.807) is 13.0 Å². The summed E-state index contributed by atoms with van der Waals surface area (Å²) >= 11 is 6.48. The fourth-order valence-corrected chi connectivity index (χ4v) is 2.41. The quantitative estimate of drug-likeness (QED) is 0.593. The summed E-state index contributed by atoms with van der Waals surface area (Å²) in [5.74, 6) is 0.109. The van der Waals surface area contributed by atoms with Crippen LogP contribution in [0.2, 0.25) is 0 Å². The van der Waals surface area contributed by atoms with Gasteiger partial charge in [0.1, 0.15) is 5.75 Å². The van der Waals surface area contributed by atoms with Crippen LogP contribution in [0.4, 0.5) is 10.5 Å². The second-order valence-corrected chi connectivity index (χ2v) is 5.46. The molecule has 0 unspecified atom stereocenters. The molecule has 0 radical (unpaired) electrons. The van der Waals surface area contributed by atoms with Crippen molar-refractivity contribution in [2.24, 2.45) is 0 Å². The van der Waals surface area contributed by atoms with Crippen molar-refractivity contribution in [3.63, 3.8) is 0 Å². The van der Waals surface area contributed by atoms with Gasteiger partial charge in [-0.05, 0) is 56.8 Å². The molecule has 1 amide bonds. The lowest BCUT2D eigenvalue weighted by Crippen LogP contribution is -2.15. The van der Waals surface area contributed by atoms with Crippen molar-refractivity contribution < 1.29 is 14.6 Å². The molecular formula is C12H15Br2NO3. The number of amides is 1. The molecule has 1 aromatic carbocycles. The maximum absolute atomic E-state index is 11.5. The number of rotatable bonds is 4. The van der Waals surface area contributed by atoms with E-state index < -0.39 is 6.09 Å². The zero-order chi connectivity index (χ0) is 13.7. The Morgan fingerprint density at radius 3 is 2.78 bits per heavy atom. The largest absolute Gasteiger partial charge is 0.506 e. The summed E-state index contributed by atoms with van der Waals surface area (Å²) in [7, 11) is 0. The minimum atomic E-state index is -0.490. The lowest BCUT2D eigenvalue weighted by Gasteiger charge is -2.12. The molecule has 0 fully saturated rings. The van der Waals surface area contributed by atoms with Crippen LogP contribution in [-0.2, 0) is 4.74 Å². The van der Waals surface area contributed by atoms with Gasteiger partial charge in [0.25, 0.3) is 0 Å². The van der Waals surface area contributed by atoms with Crippen LogP contribution in [0, 0.1) is 6.92 Å². The average molecular weight is 381 g/mol. The first-order chi connectivity index (χ1) is 8.47. The normalized spacial score (nSPS) is 10.2. The van der Waals surface area contributed by atoms with E-state index in [0.29, 0.717) is 21.2 Å². The van der Waals surface area contributed by atoms with E-state index in [0.717, 1.165) is 18.4 Å². The minimum Gasteiger partial charge on any atom is -0.506 e. The van der Waals surface area contributed by atoms with E-state index >= 15 is 0 Å². The Bertz CT molecular complexity index is 449. The van der Waals surface area contributed by atoms with Gasteiger partial charge in [0.15, 0.2) is 0 Å². The molecule has 2 N–H and O–H groups in total. The minimum absolute atomic E-state index is 0.109. The van der Waals surface area contributed by atoms with Gasteiger partial charge in [-0.15, -0.1) is 0 Å². The molecule has 0 heterocycles. The Balaban J connectivity index is 2.76. The van der Waals surface area contributed by atoms with Crippen molar-refractivity contribution in [3.05, 3.63) is 20.6 Å². The molecule has 0 aliphatic heterocycles. The summed E-state index contributed by atoms with van der Waals surface area (Å²) in [6.45, 7) is 4.22. The number of aromatic hydroxyl groups is 1. The molecule has 0 aliphatic rings. The number of phenols is 1. The zero-order valence-electron chi connectivity index (χ0n) is 10.2. The predicted octanol–water partition coefficient (Wildman–Crippen LogP) is 4.57. The fraction of sp³-hybridized carbons (Fsp3) is 0.417. The third-order valence-electron chi connectivity index (χ3n) is 2.41. The molecular weight excluding hydrogens is 366 g/mol. The summed E-state index contributed by atoms with van der Waals surface area (Å²) in [6, 6.07) is 1.64. The number of carbonyl (C=O) groups excluding carboxylic acids is 1. The molecule has 1 rings (SSSR count). The highest BCUT2D eigenvalue weighted by molar-refractivity contribution is 9.11. The number of anilines is 1. The number of benzene rings is 1. The van der Waals surface area contributed by atoms with E-state index in [1.165, 1.54) is 0 Å². The van der Waals surface area contributed by atoms with Crippen LogP contribution in [-0.4, -0.2) is 17.8 Å². The SMILES string of the molecule is CCCCOC(=O)Nc1cc(Br)c(O)c(Br)c1C. The Labute approximate surface area is 123 Å². The third kappa shape index (κ3) is 3.88. The summed E-state index contributed by atoms with van der Waals surface area (Å²) in [5, 5.41) is 12.3.